The first-order chi connectivity index (χ1) is 9.24. The van der Waals surface area contributed by atoms with Gasteiger partial charge in [-0.3, -0.25) is 9.59 Å². The van der Waals surface area contributed by atoms with Crippen molar-refractivity contribution in [3.05, 3.63) is 0 Å². The van der Waals surface area contributed by atoms with Crippen molar-refractivity contribution in [3.63, 3.8) is 0 Å². The van der Waals surface area contributed by atoms with Crippen LogP contribution in [-0.4, -0.2) is 29.1 Å². The Hall–Kier alpha value is -1.10. The largest absolute Gasteiger partial charge is 0.481 e. The minimum Gasteiger partial charge on any atom is -0.481 e. The second-order valence-electron chi connectivity index (χ2n) is 6.21. The normalized spacial score (nSPS) is 13.0. The summed E-state index contributed by atoms with van der Waals surface area (Å²) in [6, 6.07) is 0. The zero-order valence-corrected chi connectivity index (χ0v) is 13.1. The minimum atomic E-state index is -0.750. The summed E-state index contributed by atoms with van der Waals surface area (Å²) in [5.41, 5.74) is 5.52. The Bertz CT molecular complexity index is 298. The molecule has 1 atom stereocenters. The highest BCUT2D eigenvalue weighted by atomic mass is 16.4. The van der Waals surface area contributed by atoms with Crippen molar-refractivity contribution in [2.24, 2.45) is 11.7 Å². The summed E-state index contributed by atoms with van der Waals surface area (Å²) in [4.78, 5) is 22.2. The molecule has 0 aliphatic heterocycles. The zero-order chi connectivity index (χ0) is 15.6. The first kappa shape index (κ1) is 18.9. The van der Waals surface area contributed by atoms with Crippen molar-refractivity contribution in [1.29, 1.82) is 0 Å². The van der Waals surface area contributed by atoms with Crippen molar-refractivity contribution in [1.82, 2.24) is 5.32 Å². The number of carboxylic acid groups (broad SMARTS) is 1. The van der Waals surface area contributed by atoms with Crippen LogP contribution in [0.5, 0.6) is 0 Å². The van der Waals surface area contributed by atoms with Crippen LogP contribution < -0.4 is 11.1 Å². The summed E-state index contributed by atoms with van der Waals surface area (Å²) < 4.78 is 0. The van der Waals surface area contributed by atoms with Gasteiger partial charge in [-0.1, -0.05) is 19.8 Å². The Kier molecular flexibility index (Phi) is 9.21. The van der Waals surface area contributed by atoms with Crippen LogP contribution in [0, 0.1) is 5.92 Å². The lowest BCUT2D eigenvalue weighted by atomic mass is 9.94. The van der Waals surface area contributed by atoms with E-state index in [4.69, 9.17) is 10.8 Å². The SMILES string of the molecule is CCCC(CCNC(=O)CCC(C)(C)N)CCC(=O)O. The number of carboxylic acids is 1. The molecule has 0 aliphatic rings. The van der Waals surface area contributed by atoms with Gasteiger partial charge in [0.2, 0.25) is 5.91 Å². The van der Waals surface area contributed by atoms with Crippen LogP contribution in [0.2, 0.25) is 0 Å². The van der Waals surface area contributed by atoms with Crippen molar-refractivity contribution >= 4 is 11.9 Å². The number of amides is 1. The molecule has 4 N–H and O–H groups in total. The highest BCUT2D eigenvalue weighted by Crippen LogP contribution is 2.17. The molecule has 0 rings (SSSR count). The summed E-state index contributed by atoms with van der Waals surface area (Å²) in [7, 11) is 0. The van der Waals surface area contributed by atoms with Gasteiger partial charge in [0.05, 0.1) is 0 Å². The zero-order valence-electron chi connectivity index (χ0n) is 13.1. The quantitative estimate of drug-likeness (QED) is 0.543. The molecule has 0 aromatic carbocycles. The molecule has 0 saturated carbocycles. The van der Waals surface area contributed by atoms with Gasteiger partial charge in [-0.25, -0.2) is 0 Å². The minimum absolute atomic E-state index is 0.0250. The Morgan fingerprint density at radius 2 is 1.85 bits per heavy atom. The highest BCUT2D eigenvalue weighted by molar-refractivity contribution is 5.75. The van der Waals surface area contributed by atoms with Crippen LogP contribution in [0.25, 0.3) is 0 Å². The van der Waals surface area contributed by atoms with Gasteiger partial charge in [-0.15, -0.1) is 0 Å². The number of hydrogen-bond donors (Lipinski definition) is 3. The predicted molar refractivity (Wildman–Crippen MR) is 80.4 cm³/mol. The average Bonchev–Trinajstić information content (AvgIpc) is 2.32. The molecule has 0 saturated heterocycles. The molecular formula is C15H30N2O3. The maximum Gasteiger partial charge on any atom is 0.303 e. The lowest BCUT2D eigenvalue weighted by Gasteiger charge is -2.18. The van der Waals surface area contributed by atoms with E-state index < -0.39 is 5.97 Å². The van der Waals surface area contributed by atoms with E-state index in [0.29, 0.717) is 31.7 Å². The number of aliphatic carboxylic acids is 1. The van der Waals surface area contributed by atoms with E-state index >= 15 is 0 Å². The molecule has 0 heterocycles. The molecule has 0 aromatic rings. The van der Waals surface area contributed by atoms with Crippen LogP contribution in [0.3, 0.4) is 0 Å². The molecule has 118 valence electrons. The maximum atomic E-state index is 11.6. The Morgan fingerprint density at radius 3 is 2.35 bits per heavy atom. The predicted octanol–water partition coefficient (Wildman–Crippen LogP) is 2.29. The molecule has 5 heteroatoms. The molecule has 1 amide bonds. The standard InChI is InChI=1S/C15H30N2O3/c1-4-5-12(6-7-14(19)20)9-11-17-13(18)8-10-15(2,3)16/h12H,4-11,16H2,1-3H3,(H,17,18)(H,19,20). The number of carbonyl (C=O) groups excluding carboxylic acids is 1. The van der Waals surface area contributed by atoms with E-state index in [2.05, 4.69) is 12.2 Å². The van der Waals surface area contributed by atoms with Crippen LogP contribution in [0.15, 0.2) is 0 Å². The van der Waals surface area contributed by atoms with Gasteiger partial charge in [0.25, 0.3) is 0 Å². The second-order valence-corrected chi connectivity index (χ2v) is 6.21. The molecule has 0 bridgehead atoms. The lowest BCUT2D eigenvalue weighted by molar-refractivity contribution is -0.137. The lowest BCUT2D eigenvalue weighted by Crippen LogP contribution is -2.34. The third kappa shape index (κ3) is 12.0. The summed E-state index contributed by atoms with van der Waals surface area (Å²) in [5, 5.41) is 11.6. The van der Waals surface area contributed by atoms with E-state index in [1.807, 2.05) is 13.8 Å². The number of nitrogens with two attached hydrogens (primary N) is 1. The average molecular weight is 286 g/mol. The highest BCUT2D eigenvalue weighted by Gasteiger charge is 2.14. The number of hydrogen-bond acceptors (Lipinski definition) is 3. The summed E-state index contributed by atoms with van der Waals surface area (Å²) >= 11 is 0. The monoisotopic (exact) mass is 286 g/mol. The fourth-order valence-corrected chi connectivity index (χ4v) is 2.11. The third-order valence-corrected chi connectivity index (χ3v) is 3.33. The molecule has 5 nitrogen and oxygen atoms in total. The van der Waals surface area contributed by atoms with Gasteiger partial charge in [0, 0.05) is 24.9 Å². The number of rotatable bonds is 11. The van der Waals surface area contributed by atoms with Gasteiger partial charge in [0.1, 0.15) is 0 Å². The van der Waals surface area contributed by atoms with Gasteiger partial charge >= 0.3 is 5.97 Å². The van der Waals surface area contributed by atoms with E-state index in [1.54, 1.807) is 0 Å². The van der Waals surface area contributed by atoms with Gasteiger partial charge in [-0.2, -0.15) is 0 Å². The van der Waals surface area contributed by atoms with E-state index in [-0.39, 0.29) is 17.9 Å². The molecule has 0 spiro atoms. The first-order valence-corrected chi connectivity index (χ1v) is 7.52. The molecular weight excluding hydrogens is 256 g/mol. The topological polar surface area (TPSA) is 92.4 Å². The smallest absolute Gasteiger partial charge is 0.303 e. The first-order valence-electron chi connectivity index (χ1n) is 7.52. The third-order valence-electron chi connectivity index (χ3n) is 3.33. The van der Waals surface area contributed by atoms with E-state index in [0.717, 1.165) is 19.3 Å². The molecule has 0 radical (unpaired) electrons. The van der Waals surface area contributed by atoms with Crippen molar-refractivity contribution in [3.8, 4) is 0 Å². The van der Waals surface area contributed by atoms with Crippen molar-refractivity contribution in [2.45, 2.75) is 71.3 Å². The van der Waals surface area contributed by atoms with Gasteiger partial charge in [-0.05, 0) is 39.0 Å². The summed E-state index contributed by atoms with van der Waals surface area (Å²) in [6.07, 6.45) is 4.90. The summed E-state index contributed by atoms with van der Waals surface area (Å²) in [5.74, 6) is -0.348. The van der Waals surface area contributed by atoms with Crippen molar-refractivity contribution < 1.29 is 14.7 Å². The Balaban J connectivity index is 3.86. The van der Waals surface area contributed by atoms with Crippen LogP contribution in [-0.2, 0) is 9.59 Å². The molecule has 0 aliphatic carbocycles. The number of carbonyl (C=O) groups is 2. The van der Waals surface area contributed by atoms with Gasteiger partial charge < -0.3 is 16.2 Å². The second kappa shape index (κ2) is 9.75. The summed E-state index contributed by atoms with van der Waals surface area (Å²) in [6.45, 7) is 6.52. The Morgan fingerprint density at radius 1 is 1.20 bits per heavy atom. The van der Waals surface area contributed by atoms with Crippen LogP contribution in [0.1, 0.15) is 65.7 Å². The molecule has 20 heavy (non-hydrogen) atoms. The van der Waals surface area contributed by atoms with Gasteiger partial charge in [0.15, 0.2) is 0 Å². The van der Waals surface area contributed by atoms with Crippen molar-refractivity contribution in [2.75, 3.05) is 6.54 Å². The van der Waals surface area contributed by atoms with Crippen LogP contribution in [0.4, 0.5) is 0 Å². The fraction of sp³-hybridized carbons (Fsp3) is 0.867. The van der Waals surface area contributed by atoms with E-state index in [1.165, 1.54) is 0 Å². The maximum absolute atomic E-state index is 11.6. The van der Waals surface area contributed by atoms with E-state index in [9.17, 15) is 9.59 Å². The Labute approximate surface area is 122 Å². The molecule has 0 aromatic heterocycles. The molecule has 0 fully saturated rings. The fourth-order valence-electron chi connectivity index (χ4n) is 2.11. The van der Waals surface area contributed by atoms with Crippen LogP contribution >= 0.6 is 0 Å². The number of nitrogens with one attached hydrogen (secondary N) is 1. The molecule has 1 unspecified atom stereocenters.